The molecule has 2 heteroatoms. The van der Waals surface area contributed by atoms with Crippen molar-refractivity contribution in [2.75, 3.05) is 0 Å². The molecule has 0 heterocycles. The maximum atomic E-state index is 5.98. The zero-order valence-corrected chi connectivity index (χ0v) is 13.9. The van der Waals surface area contributed by atoms with E-state index >= 15 is 0 Å². The van der Waals surface area contributed by atoms with Gasteiger partial charge in [-0.2, -0.15) is 0 Å². The molecule has 0 unspecified atom stereocenters. The lowest BCUT2D eigenvalue weighted by molar-refractivity contribution is 0.444. The first kappa shape index (κ1) is 17.5. The predicted octanol–water partition coefficient (Wildman–Crippen LogP) is 4.84. The van der Waals surface area contributed by atoms with E-state index in [1.165, 1.54) is 18.4 Å². The third-order valence-electron chi connectivity index (χ3n) is 4.29. The minimum Gasteiger partial charge on any atom is -0.106 e. The Morgan fingerprint density at radius 3 is 2.35 bits per heavy atom. The van der Waals surface area contributed by atoms with Gasteiger partial charge in [-0.1, -0.05) is 54.8 Å². The van der Waals surface area contributed by atoms with E-state index in [-0.39, 0.29) is 0 Å². The van der Waals surface area contributed by atoms with Gasteiger partial charge in [0.15, 0.2) is 0 Å². The molecule has 112 valence electrons. The average Bonchev–Trinajstić information content (AvgIpc) is 2.56. The van der Waals surface area contributed by atoms with Gasteiger partial charge in [-0.25, -0.2) is 0 Å². The SMILES string of the molecule is [B]C(=C)/C=C\C(C#Cc1ccc(C2CCC([B])CC2)cc1)=C/C. The summed E-state index contributed by atoms with van der Waals surface area (Å²) in [7, 11) is 11.5. The number of hydrogen-bond donors (Lipinski definition) is 0. The van der Waals surface area contributed by atoms with Crippen molar-refractivity contribution in [2.45, 2.75) is 44.3 Å². The van der Waals surface area contributed by atoms with E-state index in [2.05, 4.69) is 42.7 Å². The molecule has 0 spiro atoms. The third kappa shape index (κ3) is 5.68. The Balaban J connectivity index is 2.03. The summed E-state index contributed by atoms with van der Waals surface area (Å²) in [5, 5.41) is 0. The van der Waals surface area contributed by atoms with Crippen molar-refractivity contribution in [3.8, 4) is 11.8 Å². The van der Waals surface area contributed by atoms with Crippen molar-refractivity contribution in [1.29, 1.82) is 0 Å². The number of hydrogen-bond acceptors (Lipinski definition) is 0. The summed E-state index contributed by atoms with van der Waals surface area (Å²) in [6.07, 6.45) is 10.3. The lowest BCUT2D eigenvalue weighted by Crippen LogP contribution is -2.09. The van der Waals surface area contributed by atoms with Gasteiger partial charge in [0, 0.05) is 11.1 Å². The molecule has 1 aliphatic rings. The van der Waals surface area contributed by atoms with Crippen LogP contribution in [0.1, 0.15) is 49.7 Å². The molecule has 1 fully saturated rings. The molecule has 1 saturated carbocycles. The van der Waals surface area contributed by atoms with E-state index in [1.807, 2.05) is 19.1 Å². The van der Waals surface area contributed by atoms with Crippen molar-refractivity contribution in [1.82, 2.24) is 0 Å². The van der Waals surface area contributed by atoms with Crippen molar-refractivity contribution >= 4 is 15.7 Å². The second-order valence-electron chi connectivity index (χ2n) is 6.14. The highest BCUT2D eigenvalue weighted by molar-refractivity contribution is 6.23. The minimum absolute atomic E-state index is 0.397. The summed E-state index contributed by atoms with van der Waals surface area (Å²) in [6, 6.07) is 8.63. The molecule has 0 amide bonds. The molecular formula is C21H22B2. The molecule has 1 aromatic carbocycles. The topological polar surface area (TPSA) is 0 Å². The van der Waals surface area contributed by atoms with Crippen LogP contribution in [0, 0.1) is 11.8 Å². The van der Waals surface area contributed by atoms with E-state index < -0.39 is 0 Å². The molecule has 0 bridgehead atoms. The van der Waals surface area contributed by atoms with Crippen LogP contribution < -0.4 is 0 Å². The van der Waals surface area contributed by atoms with Gasteiger partial charge in [0.25, 0.3) is 0 Å². The molecule has 4 radical (unpaired) electrons. The maximum absolute atomic E-state index is 5.98. The standard InChI is InChI=1S/C21H22B2/c1-3-17(5-4-16(2)22)6-7-18-8-10-19(11-9-18)20-12-14-21(23)15-13-20/h3-5,8-11,20-21H,2,12-15H2,1H3/b5-4-,17-3+. The zero-order valence-electron chi connectivity index (χ0n) is 13.9. The molecule has 1 aromatic rings. The summed E-state index contributed by atoms with van der Waals surface area (Å²) < 4.78 is 0. The largest absolute Gasteiger partial charge is 0.112 e. The minimum atomic E-state index is 0.397. The molecular weight excluding hydrogens is 274 g/mol. The predicted molar refractivity (Wildman–Crippen MR) is 102 cm³/mol. The van der Waals surface area contributed by atoms with Crippen LogP contribution in [0.4, 0.5) is 0 Å². The normalized spacial score (nSPS) is 21.7. The first-order valence-electron chi connectivity index (χ1n) is 8.25. The lowest BCUT2D eigenvalue weighted by atomic mass is 9.70. The molecule has 2 rings (SSSR count). The highest BCUT2D eigenvalue weighted by atomic mass is 14.2. The number of rotatable bonds is 3. The van der Waals surface area contributed by atoms with Crippen molar-refractivity contribution in [3.05, 3.63) is 71.2 Å². The molecule has 0 N–H and O–H groups in total. The highest BCUT2D eigenvalue weighted by Gasteiger charge is 2.18. The third-order valence-corrected chi connectivity index (χ3v) is 4.29. The van der Waals surface area contributed by atoms with Gasteiger partial charge < -0.3 is 0 Å². The van der Waals surface area contributed by atoms with E-state index in [9.17, 15) is 0 Å². The number of allylic oxidation sites excluding steroid dienone is 5. The Bertz CT molecular complexity index is 645. The smallest absolute Gasteiger partial charge is 0.106 e. The second kappa shape index (κ2) is 8.68. The summed E-state index contributed by atoms with van der Waals surface area (Å²) >= 11 is 0. The van der Waals surface area contributed by atoms with Crippen molar-refractivity contribution in [2.24, 2.45) is 0 Å². The van der Waals surface area contributed by atoms with E-state index in [4.69, 9.17) is 15.7 Å². The molecule has 0 nitrogen and oxygen atoms in total. The van der Waals surface area contributed by atoms with Gasteiger partial charge in [-0.15, -0.1) is 12.1 Å². The summed E-state index contributed by atoms with van der Waals surface area (Å²) in [4.78, 5) is 0. The summed E-state index contributed by atoms with van der Waals surface area (Å²) in [6.45, 7) is 5.61. The van der Waals surface area contributed by atoms with E-state index in [0.29, 0.717) is 17.2 Å². The Hall–Kier alpha value is -1.87. The molecule has 0 saturated heterocycles. The van der Waals surface area contributed by atoms with Gasteiger partial charge in [0.2, 0.25) is 0 Å². The molecule has 1 aliphatic carbocycles. The van der Waals surface area contributed by atoms with Gasteiger partial charge in [-0.05, 0) is 49.5 Å². The summed E-state index contributed by atoms with van der Waals surface area (Å²) in [5.74, 6) is 7.40. The fourth-order valence-electron chi connectivity index (χ4n) is 2.84. The van der Waals surface area contributed by atoms with Gasteiger partial charge >= 0.3 is 0 Å². The fraction of sp³-hybridized carbons (Fsp3) is 0.333. The highest BCUT2D eigenvalue weighted by Crippen LogP contribution is 2.36. The Labute approximate surface area is 143 Å². The van der Waals surface area contributed by atoms with Crippen LogP contribution in [0.15, 0.2) is 60.1 Å². The first-order valence-corrected chi connectivity index (χ1v) is 8.25. The lowest BCUT2D eigenvalue weighted by Gasteiger charge is -2.26. The van der Waals surface area contributed by atoms with Crippen LogP contribution in [0.5, 0.6) is 0 Å². The van der Waals surface area contributed by atoms with Crippen LogP contribution in [0.3, 0.4) is 0 Å². The Kier molecular flexibility index (Phi) is 6.60. The van der Waals surface area contributed by atoms with Crippen molar-refractivity contribution < 1.29 is 0 Å². The van der Waals surface area contributed by atoms with Gasteiger partial charge in [0.1, 0.15) is 7.85 Å². The van der Waals surface area contributed by atoms with Crippen molar-refractivity contribution in [3.63, 3.8) is 0 Å². The average molecular weight is 296 g/mol. The molecule has 0 aliphatic heterocycles. The molecule has 23 heavy (non-hydrogen) atoms. The van der Waals surface area contributed by atoms with Crippen LogP contribution in [0.2, 0.25) is 5.82 Å². The Morgan fingerprint density at radius 1 is 1.13 bits per heavy atom. The number of benzene rings is 1. The monoisotopic (exact) mass is 296 g/mol. The quantitative estimate of drug-likeness (QED) is 0.425. The fourth-order valence-corrected chi connectivity index (χ4v) is 2.84. The molecule has 0 aromatic heterocycles. The summed E-state index contributed by atoms with van der Waals surface area (Å²) in [5.41, 5.74) is 3.90. The van der Waals surface area contributed by atoms with Crippen LogP contribution in [-0.4, -0.2) is 15.7 Å². The van der Waals surface area contributed by atoms with Crippen LogP contribution >= 0.6 is 0 Å². The zero-order chi connectivity index (χ0) is 16.7. The van der Waals surface area contributed by atoms with E-state index in [0.717, 1.165) is 24.0 Å². The van der Waals surface area contributed by atoms with Crippen LogP contribution in [-0.2, 0) is 0 Å². The van der Waals surface area contributed by atoms with Gasteiger partial charge in [-0.3, -0.25) is 0 Å². The molecule has 0 atom stereocenters. The second-order valence-corrected chi connectivity index (χ2v) is 6.14. The van der Waals surface area contributed by atoms with Crippen LogP contribution in [0.25, 0.3) is 0 Å². The maximum Gasteiger partial charge on any atom is 0.112 e. The first-order chi connectivity index (χ1) is 11.1. The van der Waals surface area contributed by atoms with E-state index in [1.54, 1.807) is 6.08 Å². The van der Waals surface area contributed by atoms with Gasteiger partial charge in [0.05, 0.1) is 7.85 Å². The Morgan fingerprint density at radius 2 is 1.78 bits per heavy atom.